The molecular weight excluding hydrogens is 885 g/mol. The van der Waals surface area contributed by atoms with Crippen LogP contribution < -0.4 is 21.9 Å². The summed E-state index contributed by atoms with van der Waals surface area (Å²) < 4.78 is 12.0. The van der Waals surface area contributed by atoms with Crippen LogP contribution in [0.1, 0.15) is 199 Å². The number of amides is 1. The number of aliphatic hydroxyl groups is 1. The third-order valence-electron chi connectivity index (χ3n) is 11.9. The van der Waals surface area contributed by atoms with Crippen LogP contribution in [0.25, 0.3) is 0 Å². The van der Waals surface area contributed by atoms with E-state index in [1.54, 1.807) is 16.7 Å². The van der Waals surface area contributed by atoms with Crippen LogP contribution in [0.5, 0.6) is 0 Å². The first-order valence-corrected chi connectivity index (χ1v) is 26.9. The van der Waals surface area contributed by atoms with Crippen molar-refractivity contribution in [2.45, 2.75) is 200 Å². The van der Waals surface area contributed by atoms with Gasteiger partial charge >= 0.3 is 11.9 Å². The number of carbonyl (C=O) groups excluding carboxylic acids is 3. The van der Waals surface area contributed by atoms with Gasteiger partial charge in [0.25, 0.3) is 0 Å². The zero-order valence-corrected chi connectivity index (χ0v) is 43.9. The number of carbonyl (C=O) groups is 3. The minimum atomic E-state index is -0.218. The van der Waals surface area contributed by atoms with E-state index in [9.17, 15) is 19.5 Å². The largest absolute Gasteiger partial charge is 1.00 e. The maximum atomic E-state index is 13.8. The number of allylic oxidation sites excluding steroid dienone is 4. The number of thioether (sulfide) groups is 1. The van der Waals surface area contributed by atoms with Gasteiger partial charge in [0.15, 0.2) is 0 Å². The number of unbranched alkanes of at least 4 members (excludes halogenated alkanes) is 22. The normalized spacial score (nSPS) is 11.6. The van der Waals surface area contributed by atoms with Crippen LogP contribution in [0, 0.1) is 0 Å². The molecule has 0 fully saturated rings. The lowest BCUT2D eigenvalue weighted by molar-refractivity contribution is -0.888. The Balaban J connectivity index is 0.0000397. The Morgan fingerprint density at radius 1 is 0.609 bits per heavy atom. The Morgan fingerprint density at radius 2 is 1.05 bits per heavy atom. The van der Waals surface area contributed by atoms with E-state index >= 15 is 0 Å². The van der Waals surface area contributed by atoms with E-state index in [1.165, 1.54) is 116 Å². The maximum Gasteiger partial charge on any atom is 0.305 e. The molecule has 10 heteroatoms. The number of quaternary nitrogens is 1. The van der Waals surface area contributed by atoms with Crippen molar-refractivity contribution in [2.24, 2.45) is 0 Å². The summed E-state index contributed by atoms with van der Waals surface area (Å²) in [4.78, 5) is 40.8. The van der Waals surface area contributed by atoms with Gasteiger partial charge in [-0.25, -0.2) is 0 Å². The van der Waals surface area contributed by atoms with Crippen LogP contribution in [-0.4, -0.2) is 92.5 Å². The number of rotatable bonds is 44. The Hall–Kier alpha value is -2.14. The van der Waals surface area contributed by atoms with Crippen LogP contribution in [0.15, 0.2) is 48.6 Å². The molecule has 0 aromatic heterocycles. The molecule has 64 heavy (non-hydrogen) atoms. The number of nitrogens with zero attached hydrogens (tertiary/aromatic N) is 2. The molecule has 370 valence electrons. The highest BCUT2D eigenvalue weighted by Gasteiger charge is 2.21. The summed E-state index contributed by atoms with van der Waals surface area (Å²) in [6, 6.07) is 7.77. The zero-order valence-electron chi connectivity index (χ0n) is 41.5. The first-order chi connectivity index (χ1) is 30.7. The monoisotopic (exact) mass is 979 g/mol. The number of likely N-dealkylation sites (N-methyl/N-ethyl adjacent to an activating group) is 1. The molecule has 0 bridgehead atoms. The van der Waals surface area contributed by atoms with Crippen LogP contribution >= 0.6 is 11.8 Å². The number of para-hydroxylation sites is 1. The van der Waals surface area contributed by atoms with Crippen molar-refractivity contribution in [3.8, 4) is 0 Å². The van der Waals surface area contributed by atoms with Crippen LogP contribution in [0.4, 0.5) is 5.69 Å². The summed E-state index contributed by atoms with van der Waals surface area (Å²) in [5, 5.41) is 9.41. The van der Waals surface area contributed by atoms with Gasteiger partial charge in [-0.2, -0.15) is 0 Å². The molecule has 8 nitrogen and oxygen atoms in total. The number of anilines is 1. The van der Waals surface area contributed by atoms with Crippen LogP contribution in [0.3, 0.4) is 0 Å². The van der Waals surface area contributed by atoms with Gasteiger partial charge in [0, 0.05) is 30.7 Å². The van der Waals surface area contributed by atoms with Crippen molar-refractivity contribution in [1.82, 2.24) is 0 Å². The lowest BCUT2D eigenvalue weighted by Crippen LogP contribution is -3.00. The molecule has 0 atom stereocenters. The average molecular weight is 980 g/mol. The predicted molar refractivity (Wildman–Crippen MR) is 270 cm³/mol. The molecule has 1 amide bonds. The summed E-state index contributed by atoms with van der Waals surface area (Å²) in [7, 11) is 4.16. The molecule has 0 aliphatic rings. The molecule has 0 aliphatic carbocycles. The predicted octanol–water partition coefficient (Wildman–Crippen LogP) is 10.5. The van der Waals surface area contributed by atoms with Gasteiger partial charge in [-0.3, -0.25) is 14.4 Å². The number of ether oxygens (including phenoxy) is 2. The molecule has 0 unspecified atom stereocenters. The first-order valence-electron chi connectivity index (χ1n) is 25.7. The summed E-state index contributed by atoms with van der Waals surface area (Å²) >= 11 is 1.58. The highest BCUT2D eigenvalue weighted by atomic mass is 79.9. The quantitative estimate of drug-likeness (QED) is 0.0301. The average Bonchev–Trinajstić information content (AvgIpc) is 3.26. The number of hydrogen-bond acceptors (Lipinski definition) is 7. The highest BCUT2D eigenvalue weighted by molar-refractivity contribution is 7.99. The summed E-state index contributed by atoms with van der Waals surface area (Å²) in [6.07, 6.45) is 42.3. The summed E-state index contributed by atoms with van der Waals surface area (Å²) in [5.74, 6) is 0.641. The summed E-state index contributed by atoms with van der Waals surface area (Å²) in [6.45, 7) is 6.79. The van der Waals surface area contributed by atoms with E-state index in [-0.39, 0.29) is 61.2 Å². The van der Waals surface area contributed by atoms with Crippen LogP contribution in [-0.2, 0) is 30.3 Å². The minimum Gasteiger partial charge on any atom is -1.00 e. The second kappa shape index (κ2) is 44.7. The smallest absolute Gasteiger partial charge is 0.305 e. The van der Waals surface area contributed by atoms with Crippen molar-refractivity contribution in [3.63, 3.8) is 0 Å². The van der Waals surface area contributed by atoms with Gasteiger partial charge in [0.05, 0.1) is 46.2 Å². The SMILES string of the molecule is CCCCCCCC/C=C\CCCCCCCC(=O)OCCc1ccccc1N(CCOC(=O)CCCCCCC/C=C\CCCCCCCC)C(=O)CSCC[N+](C)(C)CCO.[Br-]. The van der Waals surface area contributed by atoms with E-state index in [0.717, 1.165) is 74.9 Å². The fraction of sp³-hybridized carbons (Fsp3) is 0.759. The van der Waals surface area contributed by atoms with E-state index < -0.39 is 0 Å². The molecule has 0 saturated carbocycles. The van der Waals surface area contributed by atoms with E-state index in [4.69, 9.17) is 9.47 Å². The molecule has 1 N–H and O–H groups in total. The van der Waals surface area contributed by atoms with Gasteiger partial charge in [-0.05, 0) is 75.8 Å². The fourth-order valence-electron chi connectivity index (χ4n) is 7.65. The fourth-order valence-corrected chi connectivity index (χ4v) is 8.74. The van der Waals surface area contributed by atoms with E-state index in [0.29, 0.717) is 36.0 Å². The highest BCUT2D eigenvalue weighted by Crippen LogP contribution is 2.23. The van der Waals surface area contributed by atoms with Gasteiger partial charge in [0.2, 0.25) is 5.91 Å². The molecular formula is C54H95BrN2O6S. The molecule has 0 aliphatic heterocycles. The molecule has 1 rings (SSSR count). The lowest BCUT2D eigenvalue weighted by atomic mass is 10.1. The summed E-state index contributed by atoms with van der Waals surface area (Å²) in [5.41, 5.74) is 1.69. The van der Waals surface area contributed by atoms with Crippen molar-refractivity contribution >= 4 is 35.3 Å². The van der Waals surface area contributed by atoms with E-state index in [2.05, 4.69) is 52.2 Å². The Kier molecular flexibility index (Phi) is 43.2. The number of hydrogen-bond donors (Lipinski definition) is 1. The molecule has 0 spiro atoms. The third-order valence-corrected chi connectivity index (χ3v) is 12.8. The van der Waals surface area contributed by atoms with Crippen LogP contribution in [0.2, 0.25) is 0 Å². The third kappa shape index (κ3) is 37.0. The second-order valence-electron chi connectivity index (χ2n) is 18.2. The van der Waals surface area contributed by atoms with E-state index in [1.807, 2.05) is 24.3 Å². The number of aliphatic hydroxyl groups excluding tert-OH is 1. The standard InChI is InChI=1S/C54H95N2O6S.BrH/c1-5-7-9-11-13-15-17-19-21-23-25-27-29-31-33-39-53(59)61-46-41-50-37-35-36-38-51(50)55(52(58)49-63-48-44-56(3,4)43-45-57)42-47-62-54(60)40-34-32-30-28-26-24-22-20-18-16-14-12-10-8-6-2;/h19-22,35-38,57H,5-18,23-34,39-49H2,1-4H3;1H/q+1;/p-1/b21-19-,22-20-;. The number of halogens is 1. The van der Waals surface area contributed by atoms with Crippen molar-refractivity contribution < 1.29 is 50.4 Å². The van der Waals surface area contributed by atoms with Crippen molar-refractivity contribution in [1.29, 1.82) is 0 Å². The topological polar surface area (TPSA) is 93.1 Å². The molecule has 1 aromatic rings. The Labute approximate surface area is 407 Å². The van der Waals surface area contributed by atoms with Gasteiger partial charge in [-0.15, -0.1) is 11.8 Å². The maximum absolute atomic E-state index is 13.8. The first kappa shape index (κ1) is 61.9. The lowest BCUT2D eigenvalue weighted by Gasteiger charge is -2.29. The van der Waals surface area contributed by atoms with Crippen molar-refractivity contribution in [2.75, 3.05) is 70.0 Å². The van der Waals surface area contributed by atoms with Gasteiger partial charge in [0.1, 0.15) is 13.2 Å². The second-order valence-corrected chi connectivity index (χ2v) is 19.3. The molecule has 0 heterocycles. The zero-order chi connectivity index (χ0) is 45.9. The number of esters is 2. The number of benzene rings is 1. The Bertz CT molecular complexity index is 1320. The molecule has 1 aromatic carbocycles. The van der Waals surface area contributed by atoms with Gasteiger partial charge in [-0.1, -0.05) is 159 Å². The molecule has 0 radical (unpaired) electrons. The minimum absolute atomic E-state index is 0. The van der Waals surface area contributed by atoms with Crippen molar-refractivity contribution in [3.05, 3.63) is 54.1 Å². The van der Waals surface area contributed by atoms with Gasteiger partial charge < -0.3 is 40.9 Å². The Morgan fingerprint density at radius 3 is 1.53 bits per heavy atom. The molecule has 0 saturated heterocycles.